The Morgan fingerprint density at radius 2 is 1.26 bits per heavy atom. The van der Waals surface area contributed by atoms with Gasteiger partial charge < -0.3 is 5.11 Å². The molecule has 1 aromatic rings. The smallest absolute Gasteiger partial charge is 0.122 e. The van der Waals surface area contributed by atoms with Crippen molar-refractivity contribution >= 4 is 0 Å². The lowest BCUT2D eigenvalue weighted by molar-refractivity contribution is 0.307. The first kappa shape index (κ1) is 24.1. The molecule has 0 aliphatic heterocycles. The Bertz CT molecular complexity index is 531. The first-order chi connectivity index (χ1) is 12.8. The van der Waals surface area contributed by atoms with Gasteiger partial charge in [0, 0.05) is 5.56 Å². The van der Waals surface area contributed by atoms with Crippen LogP contribution in [0.15, 0.2) is 18.2 Å². The van der Waals surface area contributed by atoms with Crippen molar-refractivity contribution in [2.75, 3.05) is 0 Å². The molecule has 1 atom stereocenters. The number of phenols is 1. The Balaban J connectivity index is 2.20. The zero-order valence-electron chi connectivity index (χ0n) is 19.2. The second-order valence-corrected chi connectivity index (χ2v) is 9.73. The second kappa shape index (κ2) is 11.8. The second-order valence-electron chi connectivity index (χ2n) is 9.73. The maximum Gasteiger partial charge on any atom is 0.122 e. The predicted octanol–water partition coefficient (Wildman–Crippen LogP) is 8.71. The molecule has 0 spiro atoms. The average molecular weight is 375 g/mol. The minimum Gasteiger partial charge on any atom is -0.507 e. The first-order valence-electron chi connectivity index (χ1n) is 11.5. The van der Waals surface area contributed by atoms with E-state index in [2.05, 4.69) is 46.8 Å². The van der Waals surface area contributed by atoms with E-state index in [-0.39, 0.29) is 5.41 Å². The molecule has 1 rings (SSSR count). The zero-order chi connectivity index (χ0) is 20.3. The standard InChI is InChI=1S/C26H46O/c1-7-25(4,5)20-15-13-11-9-10-12-14-16-21-26(6,8-2)23-19-17-18-22(3)24(23)27/h17-19,27H,7-16,20-21H2,1-6H3. The van der Waals surface area contributed by atoms with Crippen LogP contribution in [-0.2, 0) is 5.41 Å². The summed E-state index contributed by atoms with van der Waals surface area (Å²) in [6, 6.07) is 6.20. The molecule has 0 saturated heterocycles. The summed E-state index contributed by atoms with van der Waals surface area (Å²) in [6.45, 7) is 13.7. The minimum atomic E-state index is 0.0994. The summed E-state index contributed by atoms with van der Waals surface area (Å²) in [5, 5.41) is 10.5. The van der Waals surface area contributed by atoms with Crippen LogP contribution in [0.25, 0.3) is 0 Å². The van der Waals surface area contributed by atoms with Crippen molar-refractivity contribution in [1.29, 1.82) is 0 Å². The Kier molecular flexibility index (Phi) is 10.5. The van der Waals surface area contributed by atoms with Crippen LogP contribution in [0.1, 0.15) is 123 Å². The largest absolute Gasteiger partial charge is 0.507 e. The fourth-order valence-electron chi connectivity index (χ4n) is 4.00. The summed E-state index contributed by atoms with van der Waals surface area (Å²) < 4.78 is 0. The van der Waals surface area contributed by atoms with E-state index in [0.717, 1.165) is 17.5 Å². The fourth-order valence-corrected chi connectivity index (χ4v) is 4.00. The normalized spacial score (nSPS) is 14.3. The maximum absolute atomic E-state index is 10.5. The quantitative estimate of drug-likeness (QED) is 0.323. The van der Waals surface area contributed by atoms with Crippen molar-refractivity contribution in [1.82, 2.24) is 0 Å². The number of rotatable bonds is 14. The molecule has 0 saturated carbocycles. The summed E-state index contributed by atoms with van der Waals surface area (Å²) in [5.41, 5.74) is 2.77. The van der Waals surface area contributed by atoms with E-state index in [0.29, 0.717) is 11.2 Å². The topological polar surface area (TPSA) is 20.2 Å². The highest BCUT2D eigenvalue weighted by atomic mass is 16.3. The van der Waals surface area contributed by atoms with Crippen LogP contribution in [0, 0.1) is 12.3 Å². The summed E-state index contributed by atoms with van der Waals surface area (Å²) in [6.07, 6.45) is 15.9. The Labute approximate surface area is 170 Å². The van der Waals surface area contributed by atoms with Crippen molar-refractivity contribution in [2.24, 2.45) is 5.41 Å². The van der Waals surface area contributed by atoms with Gasteiger partial charge in [0.05, 0.1) is 0 Å². The van der Waals surface area contributed by atoms with Gasteiger partial charge in [-0.1, -0.05) is 111 Å². The maximum atomic E-state index is 10.5. The molecule has 0 radical (unpaired) electrons. The number of phenolic OH excluding ortho intramolecular Hbond substituents is 1. The van der Waals surface area contributed by atoms with Gasteiger partial charge in [0.2, 0.25) is 0 Å². The van der Waals surface area contributed by atoms with Gasteiger partial charge in [-0.2, -0.15) is 0 Å². The van der Waals surface area contributed by atoms with Crippen molar-refractivity contribution in [3.8, 4) is 5.75 Å². The first-order valence-corrected chi connectivity index (χ1v) is 11.5. The number of hydrogen-bond donors (Lipinski definition) is 1. The lowest BCUT2D eigenvalue weighted by atomic mass is 9.75. The Morgan fingerprint density at radius 1 is 0.741 bits per heavy atom. The summed E-state index contributed by atoms with van der Waals surface area (Å²) in [7, 11) is 0. The molecule has 1 heteroatoms. The highest BCUT2D eigenvalue weighted by molar-refractivity contribution is 5.43. The highest BCUT2D eigenvalue weighted by Crippen LogP contribution is 2.39. The molecule has 0 heterocycles. The van der Waals surface area contributed by atoms with E-state index in [1.165, 1.54) is 70.6 Å². The Morgan fingerprint density at radius 3 is 1.78 bits per heavy atom. The van der Waals surface area contributed by atoms with E-state index in [1.807, 2.05) is 13.0 Å². The van der Waals surface area contributed by atoms with Crippen molar-refractivity contribution in [2.45, 2.75) is 124 Å². The molecule has 27 heavy (non-hydrogen) atoms. The van der Waals surface area contributed by atoms with Crippen LogP contribution in [0.4, 0.5) is 0 Å². The highest BCUT2D eigenvalue weighted by Gasteiger charge is 2.27. The van der Waals surface area contributed by atoms with Gasteiger partial charge in [-0.05, 0) is 42.6 Å². The van der Waals surface area contributed by atoms with E-state index < -0.39 is 0 Å². The molecule has 1 nitrogen and oxygen atoms in total. The molecular formula is C26H46O. The van der Waals surface area contributed by atoms with Crippen LogP contribution in [-0.4, -0.2) is 5.11 Å². The SMILES string of the molecule is CCC(C)(C)CCCCCCCCCCC(C)(CC)c1cccc(C)c1O. The molecule has 0 aliphatic rings. The number of para-hydroxylation sites is 1. The van der Waals surface area contributed by atoms with Crippen LogP contribution in [0.2, 0.25) is 0 Å². The number of unbranched alkanes of at least 4 members (excludes halogenated alkanes) is 7. The summed E-state index contributed by atoms with van der Waals surface area (Å²) in [5.74, 6) is 0.508. The lowest BCUT2D eigenvalue weighted by Gasteiger charge is -2.30. The average Bonchev–Trinajstić information content (AvgIpc) is 2.65. The van der Waals surface area contributed by atoms with E-state index >= 15 is 0 Å². The molecule has 1 unspecified atom stereocenters. The van der Waals surface area contributed by atoms with Gasteiger partial charge in [-0.25, -0.2) is 0 Å². The van der Waals surface area contributed by atoms with Crippen LogP contribution >= 0.6 is 0 Å². The molecule has 0 fully saturated rings. The van der Waals surface area contributed by atoms with Crippen LogP contribution in [0.3, 0.4) is 0 Å². The monoisotopic (exact) mass is 374 g/mol. The molecule has 0 aromatic heterocycles. The third kappa shape index (κ3) is 8.28. The number of hydrogen-bond acceptors (Lipinski definition) is 1. The van der Waals surface area contributed by atoms with Crippen molar-refractivity contribution in [3.63, 3.8) is 0 Å². The molecule has 156 valence electrons. The molecular weight excluding hydrogens is 328 g/mol. The fraction of sp³-hybridized carbons (Fsp3) is 0.769. The number of aryl methyl sites for hydroxylation is 1. The third-order valence-corrected chi connectivity index (χ3v) is 6.96. The van der Waals surface area contributed by atoms with E-state index in [1.54, 1.807) is 0 Å². The van der Waals surface area contributed by atoms with Gasteiger partial charge >= 0.3 is 0 Å². The predicted molar refractivity (Wildman–Crippen MR) is 121 cm³/mol. The molecule has 1 N–H and O–H groups in total. The van der Waals surface area contributed by atoms with E-state index in [9.17, 15) is 5.11 Å². The molecule has 0 aliphatic carbocycles. The molecule has 1 aromatic carbocycles. The molecule has 0 bridgehead atoms. The van der Waals surface area contributed by atoms with Gasteiger partial charge in [0.15, 0.2) is 0 Å². The van der Waals surface area contributed by atoms with Gasteiger partial charge in [0.25, 0.3) is 0 Å². The minimum absolute atomic E-state index is 0.0994. The number of aromatic hydroxyl groups is 1. The van der Waals surface area contributed by atoms with Crippen LogP contribution < -0.4 is 0 Å². The van der Waals surface area contributed by atoms with Crippen molar-refractivity contribution < 1.29 is 5.11 Å². The lowest BCUT2D eigenvalue weighted by Crippen LogP contribution is -2.21. The third-order valence-electron chi connectivity index (χ3n) is 6.96. The Hall–Kier alpha value is -0.980. The number of benzene rings is 1. The van der Waals surface area contributed by atoms with Crippen molar-refractivity contribution in [3.05, 3.63) is 29.3 Å². The summed E-state index contributed by atoms with van der Waals surface area (Å²) >= 11 is 0. The van der Waals surface area contributed by atoms with Gasteiger partial charge in [-0.3, -0.25) is 0 Å². The van der Waals surface area contributed by atoms with Gasteiger partial charge in [0.1, 0.15) is 5.75 Å². The van der Waals surface area contributed by atoms with Gasteiger partial charge in [-0.15, -0.1) is 0 Å². The van der Waals surface area contributed by atoms with E-state index in [4.69, 9.17) is 0 Å². The molecule has 0 amide bonds. The zero-order valence-corrected chi connectivity index (χ0v) is 19.2. The van der Waals surface area contributed by atoms with Crippen LogP contribution in [0.5, 0.6) is 5.75 Å². The summed E-state index contributed by atoms with van der Waals surface area (Å²) in [4.78, 5) is 0.